The Kier molecular flexibility index (Phi) is 7.02. The first-order valence-corrected chi connectivity index (χ1v) is 11.0. The molecule has 7 nitrogen and oxygen atoms in total. The molecule has 1 aromatic heterocycles. The quantitative estimate of drug-likeness (QED) is 0.603. The molecule has 7 heteroatoms. The molecular weight excluding hydrogens is 378 g/mol. The highest BCUT2D eigenvalue weighted by atomic mass is 16.5. The molecule has 4 rings (SSSR count). The molecule has 0 bridgehead atoms. The Morgan fingerprint density at radius 3 is 2.67 bits per heavy atom. The van der Waals surface area contributed by atoms with Crippen molar-refractivity contribution >= 4 is 5.96 Å². The van der Waals surface area contributed by atoms with Crippen LogP contribution >= 0.6 is 0 Å². The Morgan fingerprint density at radius 2 is 1.97 bits per heavy atom. The Morgan fingerprint density at radius 1 is 1.17 bits per heavy atom. The van der Waals surface area contributed by atoms with Gasteiger partial charge in [-0.2, -0.15) is 0 Å². The van der Waals surface area contributed by atoms with Gasteiger partial charge in [0, 0.05) is 64.9 Å². The number of aliphatic imine (C=N–C) groups is 1. The van der Waals surface area contributed by atoms with Crippen molar-refractivity contribution in [2.75, 3.05) is 46.4 Å². The van der Waals surface area contributed by atoms with Crippen LogP contribution in [0.4, 0.5) is 0 Å². The molecular formula is C23H33N5O2. The zero-order valence-electron chi connectivity index (χ0n) is 18.1. The summed E-state index contributed by atoms with van der Waals surface area (Å²) in [5.74, 6) is 1.44. The molecule has 0 aliphatic carbocycles. The van der Waals surface area contributed by atoms with Crippen LogP contribution in [0.5, 0.6) is 0 Å². The second-order valence-corrected chi connectivity index (χ2v) is 8.29. The molecule has 1 aromatic carbocycles. The minimum atomic E-state index is 0.157. The predicted molar refractivity (Wildman–Crippen MR) is 117 cm³/mol. The average Bonchev–Trinajstić information content (AvgIpc) is 3.29. The van der Waals surface area contributed by atoms with Gasteiger partial charge < -0.3 is 19.5 Å². The molecule has 2 saturated heterocycles. The smallest absolute Gasteiger partial charge is 0.193 e. The molecule has 162 valence electrons. The maximum Gasteiger partial charge on any atom is 0.193 e. The van der Waals surface area contributed by atoms with Crippen molar-refractivity contribution in [2.24, 2.45) is 10.9 Å². The number of hydrogen-bond acceptors (Lipinski definition) is 5. The number of guanidine groups is 1. The molecule has 2 aromatic rings. The van der Waals surface area contributed by atoms with Crippen molar-refractivity contribution in [3.63, 3.8) is 0 Å². The van der Waals surface area contributed by atoms with Gasteiger partial charge in [0.1, 0.15) is 6.26 Å². The van der Waals surface area contributed by atoms with E-state index >= 15 is 0 Å². The lowest BCUT2D eigenvalue weighted by Crippen LogP contribution is -2.53. The van der Waals surface area contributed by atoms with Gasteiger partial charge in [-0.05, 0) is 25.3 Å². The Balaban J connectivity index is 1.29. The Bertz CT molecular complexity index is 798. The number of nitrogens with zero attached hydrogens (tertiary/aromatic N) is 4. The lowest BCUT2D eigenvalue weighted by Gasteiger charge is -2.37. The number of piperazine rings is 1. The topological polar surface area (TPSA) is 66.1 Å². The van der Waals surface area contributed by atoms with Crippen molar-refractivity contribution in [1.82, 2.24) is 20.3 Å². The summed E-state index contributed by atoms with van der Waals surface area (Å²) >= 11 is 0. The van der Waals surface area contributed by atoms with Crippen molar-refractivity contribution in [1.29, 1.82) is 0 Å². The second kappa shape index (κ2) is 10.1. The molecule has 1 N–H and O–H groups in total. The highest BCUT2D eigenvalue weighted by Gasteiger charge is 2.28. The highest BCUT2D eigenvalue weighted by Crippen LogP contribution is 2.33. The van der Waals surface area contributed by atoms with E-state index in [4.69, 9.17) is 9.26 Å². The van der Waals surface area contributed by atoms with Crippen LogP contribution in [-0.2, 0) is 11.3 Å². The van der Waals surface area contributed by atoms with Crippen molar-refractivity contribution in [2.45, 2.75) is 32.4 Å². The first-order chi connectivity index (χ1) is 14.7. The largest absolute Gasteiger partial charge is 0.373 e. The van der Waals surface area contributed by atoms with Gasteiger partial charge in [0.05, 0.1) is 11.8 Å². The van der Waals surface area contributed by atoms with Gasteiger partial charge in [-0.25, -0.2) is 0 Å². The minimum Gasteiger partial charge on any atom is -0.373 e. The average molecular weight is 412 g/mol. The van der Waals surface area contributed by atoms with Crippen LogP contribution in [-0.4, -0.2) is 67.3 Å². The third-order valence-electron chi connectivity index (χ3n) is 6.13. The zero-order chi connectivity index (χ0) is 20.8. The Hall–Kier alpha value is -2.38. The monoisotopic (exact) mass is 411 g/mol. The summed E-state index contributed by atoms with van der Waals surface area (Å²) in [6, 6.07) is 10.7. The zero-order valence-corrected chi connectivity index (χ0v) is 18.1. The number of aryl methyl sites for hydroxylation is 1. The lowest BCUT2D eigenvalue weighted by molar-refractivity contribution is -0.0267. The molecule has 0 radical (unpaired) electrons. The van der Waals surface area contributed by atoms with Crippen LogP contribution < -0.4 is 5.32 Å². The van der Waals surface area contributed by atoms with Gasteiger partial charge in [0.15, 0.2) is 5.96 Å². The number of rotatable bonds is 5. The summed E-state index contributed by atoms with van der Waals surface area (Å²) in [6.07, 6.45) is 4.09. The Labute approximate surface area is 179 Å². The number of benzene rings is 1. The summed E-state index contributed by atoms with van der Waals surface area (Å²) in [5, 5.41) is 7.65. The number of hydrogen-bond donors (Lipinski definition) is 1. The number of aromatic nitrogens is 1. The van der Waals surface area contributed by atoms with E-state index in [1.165, 1.54) is 17.5 Å². The molecule has 30 heavy (non-hydrogen) atoms. The summed E-state index contributed by atoms with van der Waals surface area (Å²) in [5.41, 5.74) is 3.56. The molecule has 2 fully saturated rings. The van der Waals surface area contributed by atoms with E-state index in [1.807, 2.05) is 13.1 Å². The van der Waals surface area contributed by atoms with Crippen LogP contribution in [0.1, 0.15) is 35.8 Å². The van der Waals surface area contributed by atoms with E-state index in [0.717, 1.165) is 63.9 Å². The van der Waals surface area contributed by atoms with E-state index < -0.39 is 0 Å². The predicted octanol–water partition coefficient (Wildman–Crippen LogP) is 2.84. The first kappa shape index (κ1) is 20.9. The fourth-order valence-electron chi connectivity index (χ4n) is 4.40. The highest BCUT2D eigenvalue weighted by molar-refractivity contribution is 5.80. The van der Waals surface area contributed by atoms with Crippen LogP contribution in [0, 0.1) is 12.8 Å². The van der Waals surface area contributed by atoms with Gasteiger partial charge in [-0.3, -0.25) is 9.89 Å². The summed E-state index contributed by atoms with van der Waals surface area (Å²) in [4.78, 5) is 9.31. The summed E-state index contributed by atoms with van der Waals surface area (Å²) < 4.78 is 11.1. The third kappa shape index (κ3) is 5.21. The van der Waals surface area contributed by atoms with Gasteiger partial charge in [-0.1, -0.05) is 35.0 Å². The SMILES string of the molecule is CN=C(NCC1CCCOC1c1ccc(C)cc1)N1CCN(Cc2ccon2)CC1. The minimum absolute atomic E-state index is 0.157. The number of ether oxygens (including phenoxy) is 1. The maximum absolute atomic E-state index is 6.18. The summed E-state index contributed by atoms with van der Waals surface area (Å²) in [7, 11) is 1.87. The third-order valence-corrected chi connectivity index (χ3v) is 6.13. The van der Waals surface area contributed by atoms with Crippen molar-refractivity contribution < 1.29 is 9.26 Å². The van der Waals surface area contributed by atoms with Gasteiger partial charge in [0.25, 0.3) is 0 Å². The second-order valence-electron chi connectivity index (χ2n) is 8.29. The molecule has 0 spiro atoms. The van der Waals surface area contributed by atoms with Gasteiger partial charge in [-0.15, -0.1) is 0 Å². The van der Waals surface area contributed by atoms with Crippen LogP contribution in [0.2, 0.25) is 0 Å². The molecule has 0 saturated carbocycles. The van der Waals surface area contributed by atoms with E-state index in [0.29, 0.717) is 5.92 Å². The van der Waals surface area contributed by atoms with Crippen molar-refractivity contribution in [3.8, 4) is 0 Å². The van der Waals surface area contributed by atoms with E-state index in [2.05, 4.69) is 56.5 Å². The molecule has 2 aliphatic rings. The number of nitrogens with one attached hydrogen (secondary N) is 1. The molecule has 0 amide bonds. The summed E-state index contributed by atoms with van der Waals surface area (Å²) in [6.45, 7) is 8.59. The van der Waals surface area contributed by atoms with Crippen molar-refractivity contribution in [3.05, 3.63) is 53.4 Å². The molecule has 3 heterocycles. The standard InChI is InChI=1S/C23H33N5O2/c1-18-5-7-19(8-6-18)22-20(4-3-14-29-22)16-25-23(24-2)28-12-10-27(11-13-28)17-21-9-15-30-26-21/h5-9,15,20,22H,3-4,10-14,16-17H2,1-2H3,(H,24,25). The van der Waals surface area contributed by atoms with E-state index in [9.17, 15) is 0 Å². The lowest BCUT2D eigenvalue weighted by atomic mass is 9.89. The normalized spacial score (nSPS) is 23.5. The molecule has 2 atom stereocenters. The van der Waals surface area contributed by atoms with Gasteiger partial charge >= 0.3 is 0 Å². The van der Waals surface area contributed by atoms with Gasteiger partial charge in [0.2, 0.25) is 0 Å². The van der Waals surface area contributed by atoms with Crippen LogP contribution in [0.25, 0.3) is 0 Å². The molecule has 2 unspecified atom stereocenters. The van der Waals surface area contributed by atoms with E-state index in [-0.39, 0.29) is 6.10 Å². The van der Waals surface area contributed by atoms with E-state index in [1.54, 1.807) is 6.26 Å². The van der Waals surface area contributed by atoms with Crippen LogP contribution in [0.3, 0.4) is 0 Å². The maximum atomic E-state index is 6.18. The van der Waals surface area contributed by atoms with Crippen LogP contribution in [0.15, 0.2) is 46.1 Å². The fourth-order valence-corrected chi connectivity index (χ4v) is 4.40. The first-order valence-electron chi connectivity index (χ1n) is 11.0. The fraction of sp³-hybridized carbons (Fsp3) is 0.565. The molecule has 2 aliphatic heterocycles.